The van der Waals surface area contributed by atoms with Crippen molar-refractivity contribution in [1.29, 1.82) is 0 Å². The summed E-state index contributed by atoms with van der Waals surface area (Å²) in [7, 11) is 0. The van der Waals surface area contributed by atoms with E-state index in [2.05, 4.69) is 16.8 Å². The molecular formula is C18H23ClN2OS. The first kappa shape index (κ1) is 18.0. The first-order valence-corrected chi connectivity index (χ1v) is 8.76. The highest BCUT2D eigenvalue weighted by molar-refractivity contribution is 7.07. The molecule has 1 aliphatic rings. The Hall–Kier alpha value is -1.36. The van der Waals surface area contributed by atoms with Crippen molar-refractivity contribution in [3.63, 3.8) is 0 Å². The predicted molar refractivity (Wildman–Crippen MR) is 97.8 cm³/mol. The third kappa shape index (κ3) is 3.77. The van der Waals surface area contributed by atoms with Crippen LogP contribution in [0.5, 0.6) is 0 Å². The van der Waals surface area contributed by atoms with Crippen molar-refractivity contribution >= 4 is 29.7 Å². The van der Waals surface area contributed by atoms with Crippen molar-refractivity contribution in [3.8, 4) is 0 Å². The number of rotatable bonds is 4. The maximum Gasteiger partial charge on any atom is 0.227 e. The zero-order chi connectivity index (χ0) is 15.5. The number of likely N-dealkylation sites (tertiary alicyclic amines) is 1. The van der Waals surface area contributed by atoms with E-state index in [1.54, 1.807) is 11.3 Å². The molecule has 2 N–H and O–H groups in total. The lowest BCUT2D eigenvalue weighted by Gasteiger charge is -2.29. The zero-order valence-electron chi connectivity index (χ0n) is 13.2. The monoisotopic (exact) mass is 350 g/mol. The molecule has 3 rings (SSSR count). The summed E-state index contributed by atoms with van der Waals surface area (Å²) in [5.41, 5.74) is 8.61. The molecule has 5 heteroatoms. The Kier molecular flexibility index (Phi) is 6.22. The predicted octanol–water partition coefficient (Wildman–Crippen LogP) is 4.17. The molecule has 124 valence electrons. The quantitative estimate of drug-likeness (QED) is 0.899. The molecule has 1 aliphatic heterocycles. The third-order valence-electron chi connectivity index (χ3n) is 4.58. The van der Waals surface area contributed by atoms with Crippen molar-refractivity contribution in [2.75, 3.05) is 6.54 Å². The molecule has 1 aromatic carbocycles. The standard InChI is InChI=1S/C18H22N2OS.ClH/c1-13(17(19)14-6-3-2-4-7-14)18(21)20-10-5-8-16(20)15-9-11-22-12-15;/h2-4,6-7,9,11-13,16-17H,5,8,10,19H2,1H3;1H. The highest BCUT2D eigenvalue weighted by atomic mass is 35.5. The second-order valence-electron chi connectivity index (χ2n) is 5.97. The van der Waals surface area contributed by atoms with Crippen LogP contribution in [0.25, 0.3) is 0 Å². The minimum atomic E-state index is -0.252. The molecule has 0 aliphatic carbocycles. The van der Waals surface area contributed by atoms with Gasteiger partial charge < -0.3 is 10.6 Å². The van der Waals surface area contributed by atoms with Gasteiger partial charge in [0.2, 0.25) is 5.91 Å². The largest absolute Gasteiger partial charge is 0.335 e. The minimum absolute atomic E-state index is 0. The minimum Gasteiger partial charge on any atom is -0.335 e. The maximum atomic E-state index is 12.9. The SMILES string of the molecule is CC(C(=O)N1CCCC1c1ccsc1)C(N)c1ccccc1.Cl. The van der Waals surface area contributed by atoms with Crippen LogP contribution in [0.1, 0.15) is 43.0 Å². The number of halogens is 1. The topological polar surface area (TPSA) is 46.3 Å². The van der Waals surface area contributed by atoms with E-state index in [0.29, 0.717) is 0 Å². The molecule has 0 spiro atoms. The van der Waals surface area contributed by atoms with Gasteiger partial charge in [0, 0.05) is 12.6 Å². The van der Waals surface area contributed by atoms with E-state index in [0.717, 1.165) is 24.9 Å². The Bertz CT molecular complexity index is 617. The van der Waals surface area contributed by atoms with Gasteiger partial charge in [0.1, 0.15) is 0 Å². The molecule has 2 aromatic rings. The van der Waals surface area contributed by atoms with Gasteiger partial charge in [0.25, 0.3) is 0 Å². The van der Waals surface area contributed by atoms with Gasteiger partial charge in [-0.25, -0.2) is 0 Å². The zero-order valence-corrected chi connectivity index (χ0v) is 14.9. The van der Waals surface area contributed by atoms with Crippen LogP contribution in [0.4, 0.5) is 0 Å². The van der Waals surface area contributed by atoms with Crippen molar-refractivity contribution in [2.24, 2.45) is 11.7 Å². The Labute approximate surface area is 147 Å². The average molecular weight is 351 g/mol. The first-order valence-electron chi connectivity index (χ1n) is 7.81. The van der Waals surface area contributed by atoms with Crippen molar-refractivity contribution in [1.82, 2.24) is 4.90 Å². The smallest absolute Gasteiger partial charge is 0.227 e. The number of nitrogens with two attached hydrogens (primary N) is 1. The lowest BCUT2D eigenvalue weighted by Crippen LogP contribution is -2.38. The van der Waals surface area contributed by atoms with Gasteiger partial charge in [-0.3, -0.25) is 4.79 Å². The molecule has 23 heavy (non-hydrogen) atoms. The van der Waals surface area contributed by atoms with Gasteiger partial charge in [0.05, 0.1) is 12.0 Å². The van der Waals surface area contributed by atoms with Crippen LogP contribution in [0.2, 0.25) is 0 Å². The van der Waals surface area contributed by atoms with E-state index < -0.39 is 0 Å². The molecule has 1 fully saturated rings. The van der Waals surface area contributed by atoms with Crippen LogP contribution in [0.15, 0.2) is 47.2 Å². The summed E-state index contributed by atoms with van der Waals surface area (Å²) in [5, 5.41) is 4.23. The number of amides is 1. The molecule has 0 saturated carbocycles. The summed E-state index contributed by atoms with van der Waals surface area (Å²) in [6, 6.07) is 12.0. The van der Waals surface area contributed by atoms with Crippen molar-refractivity contribution < 1.29 is 4.79 Å². The van der Waals surface area contributed by atoms with Gasteiger partial charge in [-0.1, -0.05) is 37.3 Å². The highest BCUT2D eigenvalue weighted by Gasteiger charge is 2.34. The summed E-state index contributed by atoms with van der Waals surface area (Å²) >= 11 is 1.69. The number of nitrogens with zero attached hydrogens (tertiary/aromatic N) is 1. The normalized spacial score (nSPS) is 19.9. The Morgan fingerprint density at radius 2 is 2.04 bits per heavy atom. The van der Waals surface area contributed by atoms with E-state index >= 15 is 0 Å². The summed E-state index contributed by atoms with van der Waals surface area (Å²) in [6.45, 7) is 2.79. The lowest BCUT2D eigenvalue weighted by atomic mass is 9.93. The van der Waals surface area contributed by atoms with Crippen LogP contribution in [0, 0.1) is 5.92 Å². The van der Waals surface area contributed by atoms with Gasteiger partial charge in [0.15, 0.2) is 0 Å². The molecule has 3 nitrogen and oxygen atoms in total. The number of hydrogen-bond acceptors (Lipinski definition) is 3. The van der Waals surface area contributed by atoms with E-state index in [9.17, 15) is 4.79 Å². The van der Waals surface area contributed by atoms with Gasteiger partial charge in [-0.05, 0) is 40.8 Å². The van der Waals surface area contributed by atoms with E-state index in [-0.39, 0.29) is 36.3 Å². The number of hydrogen-bond donors (Lipinski definition) is 1. The number of thiophene rings is 1. The van der Waals surface area contributed by atoms with E-state index in [4.69, 9.17) is 5.73 Å². The van der Waals surface area contributed by atoms with Crippen LogP contribution in [0.3, 0.4) is 0 Å². The van der Waals surface area contributed by atoms with Gasteiger partial charge in [-0.2, -0.15) is 11.3 Å². The molecule has 3 unspecified atom stereocenters. The molecule has 1 amide bonds. The van der Waals surface area contributed by atoms with Crippen LogP contribution >= 0.6 is 23.7 Å². The lowest BCUT2D eigenvalue weighted by molar-refractivity contribution is -0.136. The highest BCUT2D eigenvalue weighted by Crippen LogP contribution is 2.35. The fraction of sp³-hybridized carbons (Fsp3) is 0.389. The van der Waals surface area contributed by atoms with Gasteiger partial charge in [-0.15, -0.1) is 12.4 Å². The Morgan fingerprint density at radius 1 is 1.30 bits per heavy atom. The van der Waals surface area contributed by atoms with Crippen molar-refractivity contribution in [2.45, 2.75) is 31.8 Å². The summed E-state index contributed by atoms with van der Waals surface area (Å²) in [5.74, 6) is -0.0355. The Morgan fingerprint density at radius 3 is 2.70 bits per heavy atom. The molecule has 0 bridgehead atoms. The van der Waals surface area contributed by atoms with Crippen LogP contribution < -0.4 is 5.73 Å². The molecule has 3 atom stereocenters. The average Bonchev–Trinajstić information content (AvgIpc) is 3.24. The summed E-state index contributed by atoms with van der Waals surface area (Å²) < 4.78 is 0. The number of carbonyl (C=O) groups excluding carboxylic acids is 1. The van der Waals surface area contributed by atoms with Crippen LogP contribution in [-0.4, -0.2) is 17.4 Å². The molecule has 1 aromatic heterocycles. The third-order valence-corrected chi connectivity index (χ3v) is 5.28. The fourth-order valence-electron chi connectivity index (χ4n) is 3.22. The fourth-order valence-corrected chi connectivity index (χ4v) is 3.93. The molecule has 0 radical (unpaired) electrons. The summed E-state index contributed by atoms with van der Waals surface area (Å²) in [6.07, 6.45) is 2.12. The van der Waals surface area contributed by atoms with E-state index in [1.807, 2.05) is 42.2 Å². The second-order valence-corrected chi connectivity index (χ2v) is 6.75. The first-order chi connectivity index (χ1) is 10.7. The molecular weight excluding hydrogens is 328 g/mol. The second kappa shape index (κ2) is 7.95. The Balaban J connectivity index is 0.00000192. The van der Waals surface area contributed by atoms with Crippen LogP contribution in [-0.2, 0) is 4.79 Å². The van der Waals surface area contributed by atoms with Crippen molar-refractivity contribution in [3.05, 3.63) is 58.3 Å². The molecule has 2 heterocycles. The van der Waals surface area contributed by atoms with Gasteiger partial charge >= 0.3 is 0 Å². The maximum absolute atomic E-state index is 12.9. The van der Waals surface area contributed by atoms with E-state index in [1.165, 1.54) is 5.56 Å². The summed E-state index contributed by atoms with van der Waals surface area (Å²) in [4.78, 5) is 14.9. The molecule has 1 saturated heterocycles. The number of benzene rings is 1. The number of carbonyl (C=O) groups is 1.